The summed E-state index contributed by atoms with van der Waals surface area (Å²) < 4.78 is 0. The van der Waals surface area contributed by atoms with E-state index in [1.54, 1.807) is 0 Å². The average molecular weight is 283 g/mol. The first kappa shape index (κ1) is 13.8. The fourth-order valence-electron chi connectivity index (χ4n) is 2.68. The van der Waals surface area contributed by atoms with Crippen LogP contribution in [0.15, 0.2) is 30.3 Å². The summed E-state index contributed by atoms with van der Waals surface area (Å²) in [6.07, 6.45) is 6.32. The predicted octanol–water partition coefficient (Wildman–Crippen LogP) is 3.67. The minimum atomic E-state index is 0.491. The highest BCUT2D eigenvalue weighted by molar-refractivity contribution is 5.53. The maximum absolute atomic E-state index is 4.48. The molecule has 0 bridgehead atoms. The molecule has 110 valence electrons. The molecule has 1 aromatic carbocycles. The zero-order valence-electron chi connectivity index (χ0n) is 12.3. The van der Waals surface area contributed by atoms with E-state index in [0.29, 0.717) is 17.9 Å². The molecule has 0 saturated heterocycles. The number of hydrogen-bond acceptors (Lipinski definition) is 5. The molecule has 0 unspecified atom stereocenters. The van der Waals surface area contributed by atoms with E-state index in [1.807, 2.05) is 37.3 Å². The Morgan fingerprint density at radius 2 is 1.62 bits per heavy atom. The molecule has 1 aliphatic rings. The Labute approximate surface area is 125 Å². The summed E-state index contributed by atoms with van der Waals surface area (Å²) in [5.41, 5.74) is 0.978. The van der Waals surface area contributed by atoms with Crippen LogP contribution >= 0.6 is 0 Å². The summed E-state index contributed by atoms with van der Waals surface area (Å²) >= 11 is 0. The summed E-state index contributed by atoms with van der Waals surface area (Å²) in [5, 5.41) is 6.67. The van der Waals surface area contributed by atoms with Crippen LogP contribution in [0.1, 0.15) is 37.9 Å². The van der Waals surface area contributed by atoms with E-state index in [1.165, 1.54) is 32.1 Å². The fraction of sp³-hybridized carbons (Fsp3) is 0.438. The molecule has 2 N–H and O–H groups in total. The van der Waals surface area contributed by atoms with E-state index in [4.69, 9.17) is 0 Å². The summed E-state index contributed by atoms with van der Waals surface area (Å²) in [6, 6.07) is 10.4. The molecule has 2 aromatic rings. The molecule has 1 saturated carbocycles. The summed E-state index contributed by atoms with van der Waals surface area (Å²) in [4.78, 5) is 13.2. The molecule has 0 spiro atoms. The third-order valence-electron chi connectivity index (χ3n) is 3.72. The Balaban J connectivity index is 1.73. The Kier molecular flexibility index (Phi) is 4.28. The van der Waals surface area contributed by atoms with Crippen molar-refractivity contribution in [3.63, 3.8) is 0 Å². The lowest BCUT2D eigenvalue weighted by Gasteiger charge is -2.22. The van der Waals surface area contributed by atoms with Gasteiger partial charge >= 0.3 is 0 Å². The zero-order chi connectivity index (χ0) is 14.5. The maximum Gasteiger partial charge on any atom is 0.232 e. The van der Waals surface area contributed by atoms with Crippen LogP contribution in [0.2, 0.25) is 0 Å². The van der Waals surface area contributed by atoms with E-state index in [2.05, 4.69) is 25.6 Å². The van der Waals surface area contributed by atoms with E-state index in [0.717, 1.165) is 11.5 Å². The largest absolute Gasteiger partial charge is 0.351 e. The Morgan fingerprint density at radius 1 is 0.905 bits per heavy atom. The highest BCUT2D eigenvalue weighted by atomic mass is 15.2. The van der Waals surface area contributed by atoms with E-state index in [9.17, 15) is 0 Å². The van der Waals surface area contributed by atoms with E-state index < -0.39 is 0 Å². The van der Waals surface area contributed by atoms with Crippen molar-refractivity contribution in [2.75, 3.05) is 10.6 Å². The number of nitrogens with one attached hydrogen (secondary N) is 2. The zero-order valence-corrected chi connectivity index (χ0v) is 12.3. The lowest BCUT2D eigenvalue weighted by Crippen LogP contribution is -2.24. The lowest BCUT2D eigenvalue weighted by molar-refractivity contribution is 0.460. The molecule has 1 fully saturated rings. The SMILES string of the molecule is Cc1nc(Nc2ccccc2)nc(NC2CCCCC2)n1. The Morgan fingerprint density at radius 3 is 2.38 bits per heavy atom. The molecule has 1 aliphatic carbocycles. The number of benzene rings is 1. The number of hydrogen-bond donors (Lipinski definition) is 2. The quantitative estimate of drug-likeness (QED) is 0.896. The molecule has 1 aromatic heterocycles. The Hall–Kier alpha value is -2.17. The molecule has 0 atom stereocenters. The van der Waals surface area contributed by atoms with Gasteiger partial charge in [0.05, 0.1) is 0 Å². The molecule has 3 rings (SSSR count). The number of anilines is 3. The molecule has 1 heterocycles. The molecule has 0 aliphatic heterocycles. The molecule has 0 amide bonds. The minimum absolute atomic E-state index is 0.491. The molecule has 0 radical (unpaired) electrons. The Bertz CT molecular complexity index is 578. The molecule has 5 heteroatoms. The number of para-hydroxylation sites is 1. The van der Waals surface area contributed by atoms with Crippen molar-refractivity contribution in [2.24, 2.45) is 0 Å². The number of aryl methyl sites for hydroxylation is 1. The van der Waals surface area contributed by atoms with Gasteiger partial charge in [0.15, 0.2) is 0 Å². The van der Waals surface area contributed by atoms with Crippen molar-refractivity contribution in [2.45, 2.75) is 45.1 Å². The van der Waals surface area contributed by atoms with Crippen molar-refractivity contribution < 1.29 is 0 Å². The smallest absolute Gasteiger partial charge is 0.232 e. The molecular weight excluding hydrogens is 262 g/mol. The predicted molar refractivity (Wildman–Crippen MR) is 84.8 cm³/mol. The first-order chi connectivity index (χ1) is 10.3. The highest BCUT2D eigenvalue weighted by Crippen LogP contribution is 2.21. The lowest BCUT2D eigenvalue weighted by atomic mass is 9.96. The van der Waals surface area contributed by atoms with Crippen molar-refractivity contribution in [3.05, 3.63) is 36.2 Å². The van der Waals surface area contributed by atoms with Crippen LogP contribution in [0.4, 0.5) is 17.6 Å². The van der Waals surface area contributed by atoms with Crippen molar-refractivity contribution >= 4 is 17.6 Å². The number of rotatable bonds is 4. The van der Waals surface area contributed by atoms with Gasteiger partial charge in [-0.25, -0.2) is 0 Å². The average Bonchev–Trinajstić information content (AvgIpc) is 2.48. The third kappa shape index (κ3) is 3.90. The van der Waals surface area contributed by atoms with E-state index >= 15 is 0 Å². The van der Waals surface area contributed by atoms with Gasteiger partial charge < -0.3 is 10.6 Å². The third-order valence-corrected chi connectivity index (χ3v) is 3.72. The topological polar surface area (TPSA) is 62.7 Å². The summed E-state index contributed by atoms with van der Waals surface area (Å²) in [6.45, 7) is 1.89. The van der Waals surface area contributed by atoms with Gasteiger partial charge in [0.2, 0.25) is 11.9 Å². The first-order valence-corrected chi connectivity index (χ1v) is 7.61. The molecule has 21 heavy (non-hydrogen) atoms. The molecule has 5 nitrogen and oxygen atoms in total. The van der Waals surface area contributed by atoms with Crippen LogP contribution in [-0.4, -0.2) is 21.0 Å². The summed E-state index contributed by atoms with van der Waals surface area (Å²) in [7, 11) is 0. The van der Waals surface area contributed by atoms with Crippen molar-refractivity contribution in [3.8, 4) is 0 Å². The van der Waals surface area contributed by atoms with Gasteiger partial charge in [-0.3, -0.25) is 0 Å². The van der Waals surface area contributed by atoms with Crippen LogP contribution in [-0.2, 0) is 0 Å². The van der Waals surface area contributed by atoms with Gasteiger partial charge in [0, 0.05) is 11.7 Å². The highest BCUT2D eigenvalue weighted by Gasteiger charge is 2.15. The second-order valence-corrected chi connectivity index (χ2v) is 5.50. The van der Waals surface area contributed by atoms with Gasteiger partial charge in [-0.15, -0.1) is 0 Å². The van der Waals surface area contributed by atoms with Gasteiger partial charge in [-0.1, -0.05) is 37.5 Å². The number of nitrogens with zero attached hydrogens (tertiary/aromatic N) is 3. The van der Waals surface area contributed by atoms with Gasteiger partial charge in [0.1, 0.15) is 5.82 Å². The second kappa shape index (κ2) is 6.52. The summed E-state index contributed by atoms with van der Waals surface area (Å²) in [5.74, 6) is 1.99. The van der Waals surface area contributed by atoms with Crippen molar-refractivity contribution in [1.29, 1.82) is 0 Å². The maximum atomic E-state index is 4.48. The van der Waals surface area contributed by atoms with Crippen LogP contribution < -0.4 is 10.6 Å². The minimum Gasteiger partial charge on any atom is -0.351 e. The van der Waals surface area contributed by atoms with Crippen LogP contribution in [0.5, 0.6) is 0 Å². The van der Waals surface area contributed by atoms with Crippen molar-refractivity contribution in [1.82, 2.24) is 15.0 Å². The second-order valence-electron chi connectivity index (χ2n) is 5.50. The fourth-order valence-corrected chi connectivity index (χ4v) is 2.68. The first-order valence-electron chi connectivity index (χ1n) is 7.61. The van der Waals surface area contributed by atoms with Crippen LogP contribution in [0, 0.1) is 6.92 Å². The normalized spacial score (nSPS) is 15.7. The van der Waals surface area contributed by atoms with Crippen LogP contribution in [0.3, 0.4) is 0 Å². The van der Waals surface area contributed by atoms with Gasteiger partial charge in [0.25, 0.3) is 0 Å². The van der Waals surface area contributed by atoms with Crippen LogP contribution in [0.25, 0.3) is 0 Å². The standard InChI is InChI=1S/C16H21N5/c1-12-17-15(19-13-8-4-2-5-9-13)21-16(18-12)20-14-10-6-3-7-11-14/h2,4-5,8-9,14H,3,6-7,10-11H2,1H3,(H2,17,18,19,20,21). The van der Waals surface area contributed by atoms with Gasteiger partial charge in [-0.2, -0.15) is 15.0 Å². The molecular formula is C16H21N5. The number of aromatic nitrogens is 3. The van der Waals surface area contributed by atoms with E-state index in [-0.39, 0.29) is 0 Å². The monoisotopic (exact) mass is 283 g/mol. The van der Waals surface area contributed by atoms with Gasteiger partial charge in [-0.05, 0) is 31.9 Å².